The lowest BCUT2D eigenvalue weighted by atomic mass is 9.83. The molecule has 2 fully saturated rings. The molecule has 0 aliphatic carbocycles. The summed E-state index contributed by atoms with van der Waals surface area (Å²) in [6.45, 7) is 4.52. The highest BCUT2D eigenvalue weighted by atomic mass is 16.5. The molecule has 8 nitrogen and oxygen atoms in total. The van der Waals surface area contributed by atoms with Crippen LogP contribution in [0.5, 0.6) is 0 Å². The van der Waals surface area contributed by atoms with Crippen molar-refractivity contribution in [2.45, 2.75) is 25.4 Å². The molecule has 2 aliphatic rings. The van der Waals surface area contributed by atoms with Gasteiger partial charge in [-0.25, -0.2) is 9.97 Å². The van der Waals surface area contributed by atoms with E-state index in [2.05, 4.69) is 20.4 Å². The van der Waals surface area contributed by atoms with E-state index in [9.17, 15) is 4.79 Å². The van der Waals surface area contributed by atoms with Gasteiger partial charge in [-0.2, -0.15) is 0 Å². The molecular formula is C17H21N5O3. The number of aromatic nitrogens is 3. The Balaban J connectivity index is 1.24. The topological polar surface area (TPSA) is 93.4 Å². The van der Waals surface area contributed by atoms with Crippen LogP contribution < -0.4 is 5.32 Å². The number of nitrogens with one attached hydrogen (secondary N) is 1. The van der Waals surface area contributed by atoms with Crippen LogP contribution in [0.2, 0.25) is 0 Å². The highest BCUT2D eigenvalue weighted by molar-refractivity contribution is 5.92. The first kappa shape index (κ1) is 16.0. The number of anilines is 1. The zero-order chi connectivity index (χ0) is 17.3. The van der Waals surface area contributed by atoms with Crippen LogP contribution in [-0.4, -0.2) is 57.8 Å². The van der Waals surface area contributed by atoms with Crippen LogP contribution in [0, 0.1) is 12.8 Å². The number of ether oxygens (including phenoxy) is 1. The van der Waals surface area contributed by atoms with Crippen LogP contribution in [0.25, 0.3) is 0 Å². The Bertz CT molecular complexity index is 732. The molecule has 0 unspecified atom stereocenters. The summed E-state index contributed by atoms with van der Waals surface area (Å²) >= 11 is 0. The summed E-state index contributed by atoms with van der Waals surface area (Å²) in [7, 11) is 0. The molecule has 1 atom stereocenters. The molecule has 1 spiro atoms. The van der Waals surface area contributed by atoms with Gasteiger partial charge in [-0.3, -0.25) is 4.79 Å². The van der Waals surface area contributed by atoms with Crippen LogP contribution >= 0.6 is 0 Å². The predicted molar refractivity (Wildman–Crippen MR) is 89.1 cm³/mol. The van der Waals surface area contributed by atoms with Gasteiger partial charge in [0.05, 0.1) is 25.4 Å². The van der Waals surface area contributed by atoms with Gasteiger partial charge >= 0.3 is 0 Å². The Morgan fingerprint density at radius 3 is 2.84 bits per heavy atom. The van der Waals surface area contributed by atoms with Crippen molar-refractivity contribution in [2.75, 3.05) is 31.6 Å². The van der Waals surface area contributed by atoms with E-state index in [1.165, 1.54) is 0 Å². The number of carbonyl (C=O) groups excluding carboxylic acids is 1. The van der Waals surface area contributed by atoms with E-state index in [0.717, 1.165) is 19.4 Å². The third-order valence-corrected chi connectivity index (χ3v) is 4.83. The van der Waals surface area contributed by atoms with Gasteiger partial charge in [-0.05, 0) is 31.7 Å². The molecule has 4 rings (SSSR count). The molecule has 0 radical (unpaired) electrons. The van der Waals surface area contributed by atoms with Gasteiger partial charge in [0.2, 0.25) is 11.7 Å². The van der Waals surface area contributed by atoms with Crippen molar-refractivity contribution in [3.8, 4) is 0 Å². The zero-order valence-corrected chi connectivity index (χ0v) is 14.1. The molecule has 1 N–H and O–H groups in total. The maximum absolute atomic E-state index is 12.3. The maximum Gasteiger partial charge on any atom is 0.292 e. The van der Waals surface area contributed by atoms with E-state index in [0.29, 0.717) is 43.0 Å². The second-order valence-corrected chi connectivity index (χ2v) is 6.85. The highest BCUT2D eigenvalue weighted by Gasteiger charge is 2.49. The summed E-state index contributed by atoms with van der Waals surface area (Å²) in [5.41, 5.74) is 0.523. The lowest BCUT2D eigenvalue weighted by Gasteiger charge is -2.52. The fourth-order valence-electron chi connectivity index (χ4n) is 3.37. The lowest BCUT2D eigenvalue weighted by Crippen LogP contribution is -2.66. The molecule has 25 heavy (non-hydrogen) atoms. The third-order valence-electron chi connectivity index (χ3n) is 4.83. The van der Waals surface area contributed by atoms with Gasteiger partial charge in [0.1, 0.15) is 5.60 Å². The molecular weight excluding hydrogens is 322 g/mol. The number of rotatable bonds is 4. The minimum Gasteiger partial charge on any atom is -0.371 e. The molecule has 2 aromatic heterocycles. The molecule has 0 bridgehead atoms. The second-order valence-electron chi connectivity index (χ2n) is 6.85. The predicted octanol–water partition coefficient (Wildman–Crippen LogP) is 1.51. The number of amides is 1. The Morgan fingerprint density at radius 2 is 2.20 bits per heavy atom. The van der Waals surface area contributed by atoms with Gasteiger partial charge in [0.25, 0.3) is 5.91 Å². The number of nitrogens with zero attached hydrogens (tertiary/aromatic N) is 4. The van der Waals surface area contributed by atoms with Crippen molar-refractivity contribution in [2.24, 2.45) is 5.92 Å². The maximum atomic E-state index is 12.3. The molecule has 2 aliphatic heterocycles. The van der Waals surface area contributed by atoms with Gasteiger partial charge in [0.15, 0.2) is 0 Å². The first-order valence-electron chi connectivity index (χ1n) is 8.51. The van der Waals surface area contributed by atoms with Crippen molar-refractivity contribution in [1.82, 2.24) is 20.0 Å². The number of likely N-dealkylation sites (tertiary alicyclic amines) is 1. The Hall–Kier alpha value is -2.48. The number of carbonyl (C=O) groups is 1. The Kier molecular flexibility index (Phi) is 4.12. The van der Waals surface area contributed by atoms with E-state index in [4.69, 9.17) is 9.26 Å². The number of hydrogen-bond donors (Lipinski definition) is 1. The molecule has 0 aromatic carbocycles. The molecule has 0 saturated carbocycles. The van der Waals surface area contributed by atoms with Gasteiger partial charge in [0, 0.05) is 25.0 Å². The van der Waals surface area contributed by atoms with Crippen LogP contribution in [0.15, 0.2) is 29.0 Å². The summed E-state index contributed by atoms with van der Waals surface area (Å²) in [5.74, 6) is 1.26. The lowest BCUT2D eigenvalue weighted by molar-refractivity contribution is -0.165. The zero-order valence-electron chi connectivity index (χ0n) is 14.1. The van der Waals surface area contributed by atoms with Crippen LogP contribution in [-0.2, 0) is 4.74 Å². The number of aryl methyl sites for hydroxylation is 1. The molecule has 132 valence electrons. The van der Waals surface area contributed by atoms with Gasteiger partial charge in [-0.1, -0.05) is 5.16 Å². The van der Waals surface area contributed by atoms with E-state index in [1.54, 1.807) is 36.4 Å². The number of hydrogen-bond acceptors (Lipinski definition) is 7. The monoisotopic (exact) mass is 343 g/mol. The van der Waals surface area contributed by atoms with E-state index >= 15 is 0 Å². The standard InChI is InChI=1S/C17H21N5O3/c1-12-7-14(25-21-12)15(23)22-10-17(11-22)4-3-13(9-24-17)8-20-16-18-5-2-6-19-16/h2,5-7,13H,3-4,8-11H2,1H3,(H,18,19,20)/t13-/m0/s1. The first-order valence-corrected chi connectivity index (χ1v) is 8.51. The average Bonchev–Trinajstić information content (AvgIpc) is 3.05. The molecule has 2 aromatic rings. The molecule has 1 amide bonds. The van der Waals surface area contributed by atoms with E-state index in [1.807, 2.05) is 0 Å². The smallest absolute Gasteiger partial charge is 0.292 e. The minimum absolute atomic E-state index is 0.111. The summed E-state index contributed by atoms with van der Waals surface area (Å²) in [6.07, 6.45) is 5.45. The average molecular weight is 343 g/mol. The summed E-state index contributed by atoms with van der Waals surface area (Å²) in [5, 5.41) is 7.01. The van der Waals surface area contributed by atoms with Gasteiger partial charge < -0.3 is 19.5 Å². The fraction of sp³-hybridized carbons (Fsp3) is 0.529. The Morgan fingerprint density at radius 1 is 1.40 bits per heavy atom. The van der Waals surface area contributed by atoms with Crippen LogP contribution in [0.4, 0.5) is 5.95 Å². The second kappa shape index (κ2) is 6.44. The summed E-state index contributed by atoms with van der Waals surface area (Å²) < 4.78 is 11.2. The largest absolute Gasteiger partial charge is 0.371 e. The minimum atomic E-state index is -0.190. The quantitative estimate of drug-likeness (QED) is 0.899. The first-order chi connectivity index (χ1) is 12.1. The van der Waals surface area contributed by atoms with E-state index in [-0.39, 0.29) is 11.5 Å². The Labute approximate surface area is 145 Å². The third kappa shape index (κ3) is 3.34. The molecule has 8 heteroatoms. The van der Waals surface area contributed by atoms with Crippen molar-refractivity contribution in [1.29, 1.82) is 0 Å². The van der Waals surface area contributed by atoms with Crippen molar-refractivity contribution < 1.29 is 14.1 Å². The van der Waals surface area contributed by atoms with Crippen molar-refractivity contribution >= 4 is 11.9 Å². The molecule has 4 heterocycles. The summed E-state index contributed by atoms with van der Waals surface area (Å²) in [4.78, 5) is 22.4. The van der Waals surface area contributed by atoms with Gasteiger partial charge in [-0.15, -0.1) is 0 Å². The van der Waals surface area contributed by atoms with E-state index < -0.39 is 0 Å². The van der Waals surface area contributed by atoms with Crippen LogP contribution in [0.3, 0.4) is 0 Å². The van der Waals surface area contributed by atoms with Crippen LogP contribution in [0.1, 0.15) is 29.1 Å². The normalized spacial score (nSPS) is 21.8. The summed E-state index contributed by atoms with van der Waals surface area (Å²) in [6, 6.07) is 3.46. The highest BCUT2D eigenvalue weighted by Crippen LogP contribution is 2.36. The van der Waals surface area contributed by atoms with Crippen molar-refractivity contribution in [3.05, 3.63) is 36.0 Å². The SMILES string of the molecule is Cc1cc(C(=O)N2CC3(CC[C@@H](CNc4ncccn4)CO3)C2)on1. The molecule has 2 saturated heterocycles. The fourth-order valence-corrected chi connectivity index (χ4v) is 3.37. The van der Waals surface area contributed by atoms with Crippen molar-refractivity contribution in [3.63, 3.8) is 0 Å².